The lowest BCUT2D eigenvalue weighted by atomic mass is 10.1. The van der Waals surface area contributed by atoms with E-state index in [0.717, 1.165) is 25.7 Å². The molecule has 0 spiro atoms. The highest BCUT2D eigenvalue weighted by atomic mass is 32.3. The van der Waals surface area contributed by atoms with Crippen molar-refractivity contribution in [2.45, 2.75) is 168 Å². The fourth-order valence-corrected chi connectivity index (χ4v) is 4.79. The zero-order valence-electron chi connectivity index (χ0n) is 21.6. The van der Waals surface area contributed by atoms with Crippen LogP contribution >= 0.6 is 0 Å². The molecular formula is C26H54O6S. The van der Waals surface area contributed by atoms with Crippen LogP contribution in [0.3, 0.4) is 0 Å². The fraction of sp³-hybridized carbons (Fsp3) is 1.00. The monoisotopic (exact) mass is 494 g/mol. The van der Waals surface area contributed by atoms with Gasteiger partial charge in [0, 0.05) is 0 Å². The molecule has 0 aliphatic heterocycles. The summed E-state index contributed by atoms with van der Waals surface area (Å²) < 4.78 is 33.0. The maximum absolute atomic E-state index is 11.9. The van der Waals surface area contributed by atoms with E-state index in [1.54, 1.807) is 0 Å². The molecule has 6 nitrogen and oxygen atoms in total. The van der Waals surface area contributed by atoms with E-state index >= 15 is 0 Å². The van der Waals surface area contributed by atoms with Crippen LogP contribution < -0.4 is 0 Å². The Morgan fingerprint density at radius 3 is 1.00 bits per heavy atom. The lowest BCUT2D eigenvalue weighted by Gasteiger charge is -2.14. The average Bonchev–Trinajstić information content (AvgIpc) is 2.75. The van der Waals surface area contributed by atoms with Gasteiger partial charge in [0.05, 0.1) is 0 Å². The number of hydrogen-bond donors (Lipinski definition) is 2. The van der Waals surface area contributed by atoms with Gasteiger partial charge in [-0.3, -0.25) is 0 Å². The molecule has 0 aromatic rings. The molecular weight excluding hydrogens is 440 g/mol. The Morgan fingerprint density at radius 2 is 0.727 bits per heavy atom. The molecule has 0 saturated heterocycles. The van der Waals surface area contributed by atoms with Crippen molar-refractivity contribution in [3.05, 3.63) is 0 Å². The Hall–Kier alpha value is -0.210. The summed E-state index contributed by atoms with van der Waals surface area (Å²) in [5.41, 5.74) is 0. The molecule has 0 aliphatic carbocycles. The maximum atomic E-state index is 11.9. The second-order valence-corrected chi connectivity index (χ2v) is 10.7. The van der Waals surface area contributed by atoms with Crippen LogP contribution in [0.15, 0.2) is 0 Å². The number of aliphatic hydroxyl groups excluding tert-OH is 2. The lowest BCUT2D eigenvalue weighted by Crippen LogP contribution is -2.24. The van der Waals surface area contributed by atoms with Gasteiger partial charge < -0.3 is 10.2 Å². The number of hydrogen-bond acceptors (Lipinski definition) is 6. The molecule has 0 aromatic heterocycles. The van der Waals surface area contributed by atoms with Crippen LogP contribution in [0.1, 0.15) is 155 Å². The van der Waals surface area contributed by atoms with E-state index < -0.39 is 23.0 Å². The second kappa shape index (κ2) is 23.5. The van der Waals surface area contributed by atoms with Crippen molar-refractivity contribution in [3.8, 4) is 0 Å². The van der Waals surface area contributed by atoms with Crippen molar-refractivity contribution in [2.24, 2.45) is 0 Å². The summed E-state index contributed by atoms with van der Waals surface area (Å²) in [5, 5.41) is 19.6. The highest BCUT2D eigenvalue weighted by Gasteiger charge is 2.22. The third kappa shape index (κ3) is 24.7. The normalized spacial score (nSPS) is 13.9. The molecule has 7 heteroatoms. The predicted octanol–water partition coefficient (Wildman–Crippen LogP) is 7.52. The molecule has 0 rings (SSSR count). The molecule has 0 saturated carbocycles. The zero-order chi connectivity index (χ0) is 24.6. The number of rotatable bonds is 26. The first-order valence-electron chi connectivity index (χ1n) is 13.9. The van der Waals surface area contributed by atoms with E-state index in [-0.39, 0.29) is 12.8 Å². The van der Waals surface area contributed by atoms with Crippen molar-refractivity contribution in [1.29, 1.82) is 0 Å². The van der Waals surface area contributed by atoms with Crippen molar-refractivity contribution in [3.63, 3.8) is 0 Å². The molecule has 0 radical (unpaired) electrons. The van der Waals surface area contributed by atoms with E-state index in [1.165, 1.54) is 89.9 Å². The maximum Gasteiger partial charge on any atom is 0.404 e. The van der Waals surface area contributed by atoms with Gasteiger partial charge in [0.25, 0.3) is 0 Å². The third-order valence-corrected chi connectivity index (χ3v) is 6.98. The summed E-state index contributed by atoms with van der Waals surface area (Å²) in [7, 11) is -4.41. The Labute approximate surface area is 205 Å². The highest BCUT2D eigenvalue weighted by molar-refractivity contribution is 7.81. The summed E-state index contributed by atoms with van der Waals surface area (Å²) in [6, 6.07) is 0. The van der Waals surface area contributed by atoms with Crippen molar-refractivity contribution in [2.75, 3.05) is 0 Å². The second-order valence-electron chi connectivity index (χ2n) is 9.45. The molecule has 2 atom stereocenters. The van der Waals surface area contributed by atoms with Gasteiger partial charge >= 0.3 is 10.4 Å². The van der Waals surface area contributed by atoms with Gasteiger partial charge in [-0.1, -0.05) is 129 Å². The Morgan fingerprint density at radius 1 is 0.485 bits per heavy atom. The molecule has 200 valence electrons. The number of aliphatic hydroxyl groups is 2. The van der Waals surface area contributed by atoms with Crippen LogP contribution in [0.5, 0.6) is 0 Å². The fourth-order valence-electron chi connectivity index (χ4n) is 4.00. The molecule has 0 aromatic carbocycles. The van der Waals surface area contributed by atoms with E-state index in [1.807, 2.05) is 0 Å². The standard InChI is InChI=1S/C26H54O6S/c1-3-5-7-9-11-13-15-17-19-21-23-25(27)31-33(29,30)32-26(28)24-22-20-18-16-14-12-10-8-6-4-2/h25-28H,3-24H2,1-2H3. The van der Waals surface area contributed by atoms with Crippen LogP contribution in [0.25, 0.3) is 0 Å². The first-order chi connectivity index (χ1) is 15.9. The Bertz CT molecular complexity index is 459. The van der Waals surface area contributed by atoms with Gasteiger partial charge in [0.15, 0.2) is 12.6 Å². The van der Waals surface area contributed by atoms with Gasteiger partial charge in [0.2, 0.25) is 0 Å². The van der Waals surface area contributed by atoms with E-state index in [0.29, 0.717) is 12.8 Å². The minimum atomic E-state index is -4.41. The van der Waals surface area contributed by atoms with Crippen LogP contribution in [-0.2, 0) is 18.8 Å². The topological polar surface area (TPSA) is 93.1 Å². The van der Waals surface area contributed by atoms with Crippen LogP contribution in [0, 0.1) is 0 Å². The summed E-state index contributed by atoms with van der Waals surface area (Å²) in [6.07, 6.45) is 20.9. The molecule has 0 aliphatic rings. The van der Waals surface area contributed by atoms with Gasteiger partial charge in [-0.25, -0.2) is 8.37 Å². The van der Waals surface area contributed by atoms with Crippen molar-refractivity contribution >= 4 is 10.4 Å². The number of unbranched alkanes of at least 4 members (excludes halogenated alkanes) is 18. The minimum Gasteiger partial charge on any atom is -0.367 e. The molecule has 2 N–H and O–H groups in total. The van der Waals surface area contributed by atoms with Gasteiger partial charge in [-0.2, -0.15) is 8.42 Å². The largest absolute Gasteiger partial charge is 0.404 e. The third-order valence-electron chi connectivity index (χ3n) is 6.07. The van der Waals surface area contributed by atoms with Crippen molar-refractivity contribution < 1.29 is 27.0 Å². The molecule has 0 amide bonds. The minimum absolute atomic E-state index is 0.244. The van der Waals surface area contributed by atoms with Crippen LogP contribution in [-0.4, -0.2) is 31.2 Å². The first-order valence-corrected chi connectivity index (χ1v) is 15.2. The SMILES string of the molecule is CCCCCCCCCCCCC(O)OS(=O)(=O)OC(O)CCCCCCCCCCCC. The Balaban J connectivity index is 3.64. The van der Waals surface area contributed by atoms with Crippen molar-refractivity contribution in [1.82, 2.24) is 0 Å². The van der Waals surface area contributed by atoms with Gasteiger partial charge in [0.1, 0.15) is 0 Å². The molecule has 0 bridgehead atoms. The van der Waals surface area contributed by atoms with Gasteiger partial charge in [-0.15, -0.1) is 0 Å². The summed E-state index contributed by atoms with van der Waals surface area (Å²) >= 11 is 0. The average molecular weight is 495 g/mol. The molecule has 33 heavy (non-hydrogen) atoms. The van der Waals surface area contributed by atoms with Gasteiger partial charge in [-0.05, 0) is 25.7 Å². The summed E-state index contributed by atoms with van der Waals surface area (Å²) in [5.74, 6) is 0. The van der Waals surface area contributed by atoms with Crippen LogP contribution in [0.2, 0.25) is 0 Å². The predicted molar refractivity (Wildman–Crippen MR) is 136 cm³/mol. The van der Waals surface area contributed by atoms with E-state index in [9.17, 15) is 18.6 Å². The summed E-state index contributed by atoms with van der Waals surface area (Å²) in [4.78, 5) is 0. The Kier molecular flexibility index (Phi) is 23.4. The molecule has 2 unspecified atom stereocenters. The summed E-state index contributed by atoms with van der Waals surface area (Å²) in [6.45, 7) is 4.44. The quantitative estimate of drug-likeness (QED) is 0.0953. The van der Waals surface area contributed by atoms with Crippen LogP contribution in [0.4, 0.5) is 0 Å². The lowest BCUT2D eigenvalue weighted by molar-refractivity contribution is -0.0659. The zero-order valence-corrected chi connectivity index (χ0v) is 22.5. The molecule has 0 heterocycles. The van der Waals surface area contributed by atoms with E-state index in [2.05, 4.69) is 22.2 Å². The molecule has 0 fully saturated rings. The first kappa shape index (κ1) is 32.8. The smallest absolute Gasteiger partial charge is 0.367 e. The van der Waals surface area contributed by atoms with E-state index in [4.69, 9.17) is 0 Å². The highest BCUT2D eigenvalue weighted by Crippen LogP contribution is 2.16.